The molecular formula is C16H12N4O. The summed E-state index contributed by atoms with van der Waals surface area (Å²) in [7, 11) is 0. The molecule has 0 aliphatic carbocycles. The average molecular weight is 276 g/mol. The summed E-state index contributed by atoms with van der Waals surface area (Å²) < 4.78 is 1.72. The molecule has 21 heavy (non-hydrogen) atoms. The summed E-state index contributed by atoms with van der Waals surface area (Å²) in [5.74, 6) is 0.253. The van der Waals surface area contributed by atoms with Crippen molar-refractivity contribution >= 4 is 28.7 Å². The lowest BCUT2D eigenvalue weighted by Crippen LogP contribution is -1.95. The number of anilines is 1. The summed E-state index contributed by atoms with van der Waals surface area (Å²) in [5, 5.41) is 1.15. The van der Waals surface area contributed by atoms with E-state index in [1.807, 2.05) is 42.7 Å². The third-order valence-corrected chi connectivity index (χ3v) is 3.68. The van der Waals surface area contributed by atoms with Crippen molar-refractivity contribution in [1.29, 1.82) is 0 Å². The molecule has 0 unspecified atom stereocenters. The van der Waals surface area contributed by atoms with Gasteiger partial charge in [0.1, 0.15) is 11.3 Å². The van der Waals surface area contributed by atoms with Gasteiger partial charge in [-0.05, 0) is 46.8 Å². The van der Waals surface area contributed by atoms with Crippen LogP contribution in [0.3, 0.4) is 0 Å². The molecule has 0 bridgehead atoms. The van der Waals surface area contributed by atoms with E-state index in [0.29, 0.717) is 11.3 Å². The minimum absolute atomic E-state index is 0.253. The summed E-state index contributed by atoms with van der Waals surface area (Å²) in [5.41, 5.74) is 9.98. The fourth-order valence-corrected chi connectivity index (χ4v) is 2.60. The van der Waals surface area contributed by atoms with Crippen LogP contribution in [0.25, 0.3) is 27.7 Å². The first-order valence-corrected chi connectivity index (χ1v) is 6.56. The van der Waals surface area contributed by atoms with E-state index in [0.717, 1.165) is 28.3 Å². The Balaban J connectivity index is 1.94. The lowest BCUT2D eigenvalue weighted by atomic mass is 10.1. The number of fused-ring (bicyclic) bond motifs is 2. The zero-order valence-corrected chi connectivity index (χ0v) is 11.1. The number of pyridine rings is 1. The van der Waals surface area contributed by atoms with E-state index in [2.05, 4.69) is 16.0 Å². The number of rotatable bonds is 2. The van der Waals surface area contributed by atoms with Crippen molar-refractivity contribution in [3.63, 3.8) is 0 Å². The molecule has 4 aromatic rings. The second-order valence-corrected chi connectivity index (χ2v) is 4.93. The Kier molecular flexibility index (Phi) is 2.35. The Morgan fingerprint density at radius 3 is 2.86 bits per heavy atom. The first-order chi connectivity index (χ1) is 10.3. The number of nitrogens with zero attached hydrogens (tertiary/aromatic N) is 2. The minimum atomic E-state index is 0.253. The highest BCUT2D eigenvalue weighted by Gasteiger charge is 2.09. The van der Waals surface area contributed by atoms with Gasteiger partial charge in [-0.25, -0.2) is 4.98 Å². The van der Waals surface area contributed by atoms with E-state index in [-0.39, 0.29) is 5.82 Å². The van der Waals surface area contributed by atoms with Crippen LogP contribution in [0.5, 0.6) is 0 Å². The molecule has 102 valence electrons. The van der Waals surface area contributed by atoms with Crippen LogP contribution >= 0.6 is 0 Å². The quantitative estimate of drug-likeness (QED) is 0.553. The van der Waals surface area contributed by atoms with E-state index < -0.39 is 0 Å². The van der Waals surface area contributed by atoms with Crippen molar-refractivity contribution in [3.8, 4) is 11.1 Å². The molecule has 5 nitrogen and oxygen atoms in total. The van der Waals surface area contributed by atoms with Crippen LogP contribution in [0.1, 0.15) is 10.5 Å². The maximum atomic E-state index is 11.1. The highest BCUT2D eigenvalue weighted by Crippen LogP contribution is 2.25. The number of nitrogens with one attached hydrogen (secondary N) is 1. The average Bonchev–Trinajstić information content (AvgIpc) is 3.08. The Morgan fingerprint density at radius 1 is 1.14 bits per heavy atom. The number of aromatic amines is 1. The molecule has 3 aromatic heterocycles. The SMILES string of the molecule is Nc1nc2ccc(-c3ccc4[nH]ccc4c3)cn2c1C=O. The fourth-order valence-electron chi connectivity index (χ4n) is 2.60. The first-order valence-electron chi connectivity index (χ1n) is 6.56. The molecule has 0 spiro atoms. The van der Waals surface area contributed by atoms with Gasteiger partial charge < -0.3 is 10.7 Å². The van der Waals surface area contributed by atoms with Crippen LogP contribution in [-0.4, -0.2) is 20.7 Å². The van der Waals surface area contributed by atoms with Gasteiger partial charge in [-0.3, -0.25) is 9.20 Å². The molecule has 4 rings (SSSR count). The fraction of sp³-hybridized carbons (Fsp3) is 0. The summed E-state index contributed by atoms with van der Waals surface area (Å²) in [6, 6.07) is 12.1. The molecule has 0 aliphatic rings. The normalized spacial score (nSPS) is 11.2. The zero-order chi connectivity index (χ0) is 14.4. The molecule has 3 N–H and O–H groups in total. The lowest BCUT2D eigenvalue weighted by molar-refractivity contribution is 0.111. The van der Waals surface area contributed by atoms with E-state index >= 15 is 0 Å². The van der Waals surface area contributed by atoms with Gasteiger partial charge in [-0.15, -0.1) is 0 Å². The number of imidazole rings is 1. The minimum Gasteiger partial charge on any atom is -0.382 e. The van der Waals surface area contributed by atoms with Crippen molar-refractivity contribution in [2.45, 2.75) is 0 Å². The zero-order valence-electron chi connectivity index (χ0n) is 11.1. The van der Waals surface area contributed by atoms with Crippen LogP contribution in [0.15, 0.2) is 48.8 Å². The Bertz CT molecular complexity index is 980. The third kappa shape index (κ3) is 1.71. The molecule has 0 amide bonds. The second kappa shape index (κ2) is 4.21. The second-order valence-electron chi connectivity index (χ2n) is 4.93. The van der Waals surface area contributed by atoms with Crippen LogP contribution < -0.4 is 5.73 Å². The lowest BCUT2D eigenvalue weighted by Gasteiger charge is -2.04. The number of carbonyl (C=O) groups excluding carboxylic acids is 1. The van der Waals surface area contributed by atoms with Crippen molar-refractivity contribution < 1.29 is 4.79 Å². The molecule has 0 atom stereocenters. The largest absolute Gasteiger partial charge is 0.382 e. The number of aldehydes is 1. The Hall–Kier alpha value is -3.08. The number of benzene rings is 1. The van der Waals surface area contributed by atoms with Crippen LogP contribution in [0.2, 0.25) is 0 Å². The number of carbonyl (C=O) groups is 1. The molecule has 0 radical (unpaired) electrons. The summed E-state index contributed by atoms with van der Waals surface area (Å²) in [6.07, 6.45) is 4.53. The van der Waals surface area contributed by atoms with Gasteiger partial charge in [-0.1, -0.05) is 6.07 Å². The van der Waals surface area contributed by atoms with Gasteiger partial charge in [0.2, 0.25) is 0 Å². The number of H-pyrrole nitrogens is 1. The highest BCUT2D eigenvalue weighted by molar-refractivity contribution is 5.86. The topological polar surface area (TPSA) is 76.2 Å². The smallest absolute Gasteiger partial charge is 0.170 e. The molecule has 0 saturated heterocycles. The van der Waals surface area contributed by atoms with E-state index in [1.54, 1.807) is 4.40 Å². The van der Waals surface area contributed by atoms with Gasteiger partial charge in [0.15, 0.2) is 12.1 Å². The van der Waals surface area contributed by atoms with Crippen molar-refractivity contribution in [2.24, 2.45) is 0 Å². The van der Waals surface area contributed by atoms with Gasteiger partial charge in [0, 0.05) is 17.9 Å². The molecule has 0 saturated carbocycles. The standard InChI is InChI=1S/C16H12N4O/c17-16-14(9-21)20-8-12(2-4-15(20)19-16)10-1-3-13-11(7-10)5-6-18-13/h1-9,18H,17H2. The summed E-state index contributed by atoms with van der Waals surface area (Å²) in [6.45, 7) is 0. The maximum Gasteiger partial charge on any atom is 0.170 e. The molecule has 1 aromatic carbocycles. The predicted molar refractivity (Wildman–Crippen MR) is 82.3 cm³/mol. The number of hydrogen-bond donors (Lipinski definition) is 2. The number of nitrogens with two attached hydrogens (primary N) is 1. The summed E-state index contributed by atoms with van der Waals surface area (Å²) in [4.78, 5) is 18.5. The first kappa shape index (κ1) is 11.7. The van der Waals surface area contributed by atoms with Crippen molar-refractivity contribution in [2.75, 3.05) is 5.73 Å². The molecule has 0 aliphatic heterocycles. The van der Waals surface area contributed by atoms with E-state index in [4.69, 9.17) is 5.73 Å². The third-order valence-electron chi connectivity index (χ3n) is 3.68. The monoisotopic (exact) mass is 276 g/mol. The van der Waals surface area contributed by atoms with Gasteiger partial charge in [0.05, 0.1) is 0 Å². The molecule has 3 heterocycles. The van der Waals surface area contributed by atoms with Crippen LogP contribution in [0, 0.1) is 0 Å². The van der Waals surface area contributed by atoms with Crippen LogP contribution in [0.4, 0.5) is 5.82 Å². The van der Waals surface area contributed by atoms with Gasteiger partial charge >= 0.3 is 0 Å². The van der Waals surface area contributed by atoms with Crippen molar-refractivity contribution in [3.05, 3.63) is 54.5 Å². The van der Waals surface area contributed by atoms with Gasteiger partial charge in [0.25, 0.3) is 0 Å². The number of nitrogen functional groups attached to an aromatic ring is 1. The van der Waals surface area contributed by atoms with E-state index in [9.17, 15) is 4.79 Å². The Morgan fingerprint density at radius 2 is 2.00 bits per heavy atom. The molecule has 5 heteroatoms. The predicted octanol–water partition coefficient (Wildman–Crippen LogP) is 2.88. The Labute approximate surface area is 120 Å². The highest BCUT2D eigenvalue weighted by atomic mass is 16.1. The van der Waals surface area contributed by atoms with Crippen molar-refractivity contribution in [1.82, 2.24) is 14.4 Å². The molecular weight excluding hydrogens is 264 g/mol. The van der Waals surface area contributed by atoms with Crippen LogP contribution in [-0.2, 0) is 0 Å². The van der Waals surface area contributed by atoms with E-state index in [1.165, 1.54) is 0 Å². The maximum absolute atomic E-state index is 11.1. The number of aromatic nitrogens is 3. The number of hydrogen-bond acceptors (Lipinski definition) is 3. The molecule has 0 fully saturated rings. The summed E-state index contributed by atoms with van der Waals surface area (Å²) >= 11 is 0. The van der Waals surface area contributed by atoms with Gasteiger partial charge in [-0.2, -0.15) is 0 Å².